The van der Waals surface area contributed by atoms with Crippen LogP contribution < -0.4 is 4.74 Å². The quantitative estimate of drug-likeness (QED) is 0.824. The number of nitrogens with zero attached hydrogens (tertiary/aromatic N) is 1. The molecule has 24 heavy (non-hydrogen) atoms. The first kappa shape index (κ1) is 17.9. The van der Waals surface area contributed by atoms with Crippen LogP contribution in [0.25, 0.3) is 11.1 Å². The fourth-order valence-electron chi connectivity index (χ4n) is 2.50. The van der Waals surface area contributed by atoms with Crippen molar-refractivity contribution < 1.29 is 19.4 Å². The summed E-state index contributed by atoms with van der Waals surface area (Å²) in [5, 5.41) is 9.26. The summed E-state index contributed by atoms with van der Waals surface area (Å²) in [5.41, 5.74) is 4.11. The van der Waals surface area contributed by atoms with Gasteiger partial charge in [0.05, 0.1) is 25.4 Å². The Morgan fingerprint density at radius 2 is 1.96 bits per heavy atom. The van der Waals surface area contributed by atoms with Crippen LogP contribution in [0.4, 0.5) is 0 Å². The van der Waals surface area contributed by atoms with Gasteiger partial charge in [-0.1, -0.05) is 12.1 Å². The van der Waals surface area contributed by atoms with Crippen molar-refractivity contribution in [1.29, 1.82) is 0 Å². The normalized spacial score (nSPS) is 11.9. The van der Waals surface area contributed by atoms with E-state index < -0.39 is 6.10 Å². The van der Waals surface area contributed by atoms with Crippen LogP contribution in [-0.4, -0.2) is 35.9 Å². The first-order valence-electron chi connectivity index (χ1n) is 7.91. The molecule has 0 aliphatic rings. The number of aliphatic hydroxyl groups is 1. The fourth-order valence-corrected chi connectivity index (χ4v) is 2.50. The molecule has 1 N–H and O–H groups in total. The van der Waals surface area contributed by atoms with E-state index in [1.807, 2.05) is 32.0 Å². The topological polar surface area (TPSA) is 68.7 Å². The summed E-state index contributed by atoms with van der Waals surface area (Å²) in [4.78, 5) is 16.3. The molecule has 0 bridgehead atoms. The second-order valence-electron chi connectivity index (χ2n) is 5.74. The van der Waals surface area contributed by atoms with Gasteiger partial charge in [0.1, 0.15) is 0 Å². The molecule has 0 radical (unpaired) electrons. The Morgan fingerprint density at radius 1 is 1.21 bits per heavy atom. The third-order valence-corrected chi connectivity index (χ3v) is 3.88. The third kappa shape index (κ3) is 4.11. The number of ether oxygens (including phenoxy) is 2. The maximum absolute atomic E-state index is 11.9. The highest BCUT2D eigenvalue weighted by atomic mass is 16.5. The molecule has 5 nitrogen and oxygen atoms in total. The second kappa shape index (κ2) is 7.93. The molecule has 0 spiro atoms. The van der Waals surface area contributed by atoms with E-state index in [4.69, 9.17) is 9.47 Å². The van der Waals surface area contributed by atoms with Crippen LogP contribution in [0.5, 0.6) is 5.88 Å². The van der Waals surface area contributed by atoms with Gasteiger partial charge >= 0.3 is 5.97 Å². The number of aryl methyl sites for hydroxylation is 1. The zero-order chi connectivity index (χ0) is 17.7. The van der Waals surface area contributed by atoms with Gasteiger partial charge in [-0.25, -0.2) is 9.78 Å². The lowest BCUT2D eigenvalue weighted by Crippen LogP contribution is -2.08. The molecule has 0 aliphatic heterocycles. The minimum atomic E-state index is -0.394. The molecule has 0 aliphatic carbocycles. The Morgan fingerprint density at radius 3 is 2.58 bits per heavy atom. The van der Waals surface area contributed by atoms with Gasteiger partial charge in [0, 0.05) is 23.7 Å². The molecule has 0 saturated heterocycles. The Kier molecular flexibility index (Phi) is 5.93. The number of aromatic nitrogens is 1. The lowest BCUT2D eigenvalue weighted by atomic mass is 9.95. The van der Waals surface area contributed by atoms with Crippen LogP contribution in [-0.2, 0) is 4.74 Å². The number of hydrogen-bond donors (Lipinski definition) is 1. The van der Waals surface area contributed by atoms with Crippen molar-refractivity contribution in [1.82, 2.24) is 4.98 Å². The van der Waals surface area contributed by atoms with E-state index in [2.05, 4.69) is 4.98 Å². The first-order chi connectivity index (χ1) is 11.4. The van der Waals surface area contributed by atoms with Crippen molar-refractivity contribution in [2.45, 2.75) is 33.3 Å². The van der Waals surface area contributed by atoms with Crippen LogP contribution in [0.1, 0.15) is 35.0 Å². The van der Waals surface area contributed by atoms with Crippen LogP contribution in [0.15, 0.2) is 30.3 Å². The fraction of sp³-hybridized carbons (Fsp3) is 0.368. The van der Waals surface area contributed by atoms with Crippen molar-refractivity contribution in [3.8, 4) is 17.0 Å². The minimum absolute atomic E-state index is 0.349. The summed E-state index contributed by atoms with van der Waals surface area (Å²) in [5.74, 6) is 0.178. The smallest absolute Gasteiger partial charge is 0.338 e. The highest BCUT2D eigenvalue weighted by molar-refractivity contribution is 5.93. The van der Waals surface area contributed by atoms with Crippen molar-refractivity contribution >= 4 is 5.97 Å². The molecule has 2 aromatic rings. The average Bonchev–Trinajstić information content (AvgIpc) is 2.55. The highest BCUT2D eigenvalue weighted by Gasteiger charge is 2.14. The van der Waals surface area contributed by atoms with Crippen LogP contribution in [0.3, 0.4) is 0 Å². The second-order valence-corrected chi connectivity index (χ2v) is 5.74. The summed E-state index contributed by atoms with van der Waals surface area (Å²) >= 11 is 0. The van der Waals surface area contributed by atoms with E-state index in [1.165, 1.54) is 7.11 Å². The standard InChI is InChI=1S/C19H23NO4/c1-12(21)10-11-24-18-9-8-17(14(3)20-18)15-6-5-7-16(13(15)2)19(22)23-4/h5-9,12,21H,10-11H2,1-4H3/t12-/m1/s1. The van der Waals surface area contributed by atoms with Crippen LogP contribution in [0.2, 0.25) is 0 Å². The lowest BCUT2D eigenvalue weighted by Gasteiger charge is -2.13. The summed E-state index contributed by atoms with van der Waals surface area (Å²) in [6.07, 6.45) is 0.164. The minimum Gasteiger partial charge on any atom is -0.478 e. The summed E-state index contributed by atoms with van der Waals surface area (Å²) in [6.45, 7) is 5.94. The van der Waals surface area contributed by atoms with Gasteiger partial charge in [0.15, 0.2) is 0 Å². The SMILES string of the molecule is COC(=O)c1cccc(-c2ccc(OCC[C@@H](C)O)nc2C)c1C. The van der Waals surface area contributed by atoms with Crippen molar-refractivity contribution in [2.75, 3.05) is 13.7 Å². The Labute approximate surface area is 142 Å². The molecule has 5 heteroatoms. The van der Waals surface area contributed by atoms with E-state index in [0.717, 1.165) is 22.4 Å². The average molecular weight is 329 g/mol. The number of esters is 1. The molecule has 128 valence electrons. The van der Waals surface area contributed by atoms with Gasteiger partial charge < -0.3 is 14.6 Å². The van der Waals surface area contributed by atoms with Crippen LogP contribution >= 0.6 is 0 Å². The van der Waals surface area contributed by atoms with Gasteiger partial charge in [-0.2, -0.15) is 0 Å². The number of carbonyl (C=O) groups excluding carboxylic acids is 1. The predicted molar refractivity (Wildman–Crippen MR) is 92.3 cm³/mol. The molecule has 0 amide bonds. The number of carbonyl (C=O) groups is 1. The number of rotatable bonds is 6. The molecule has 0 fully saturated rings. The Bertz CT molecular complexity index is 725. The summed E-state index contributed by atoms with van der Waals surface area (Å²) < 4.78 is 10.4. The Balaban J connectivity index is 2.28. The molecule has 2 rings (SSSR count). The molecular weight excluding hydrogens is 306 g/mol. The largest absolute Gasteiger partial charge is 0.478 e. The zero-order valence-corrected chi connectivity index (χ0v) is 14.5. The molecule has 0 saturated carbocycles. The third-order valence-electron chi connectivity index (χ3n) is 3.88. The van der Waals surface area contributed by atoms with E-state index >= 15 is 0 Å². The van der Waals surface area contributed by atoms with Gasteiger partial charge in [-0.05, 0) is 44.0 Å². The van der Waals surface area contributed by atoms with Gasteiger partial charge in [-0.3, -0.25) is 0 Å². The van der Waals surface area contributed by atoms with E-state index in [9.17, 15) is 9.90 Å². The number of hydrogen-bond acceptors (Lipinski definition) is 5. The maximum Gasteiger partial charge on any atom is 0.338 e. The number of pyridine rings is 1. The summed E-state index contributed by atoms with van der Waals surface area (Å²) in [7, 11) is 1.38. The van der Waals surface area contributed by atoms with Gasteiger partial charge in [-0.15, -0.1) is 0 Å². The molecule has 1 heterocycles. The highest BCUT2D eigenvalue weighted by Crippen LogP contribution is 2.29. The molecule has 1 atom stereocenters. The monoisotopic (exact) mass is 329 g/mol. The predicted octanol–water partition coefficient (Wildman–Crippen LogP) is 3.30. The lowest BCUT2D eigenvalue weighted by molar-refractivity contribution is 0.0600. The number of aliphatic hydroxyl groups excluding tert-OH is 1. The molecule has 1 aromatic heterocycles. The summed E-state index contributed by atoms with van der Waals surface area (Å²) in [6, 6.07) is 9.28. The first-order valence-corrected chi connectivity index (χ1v) is 7.91. The molecular formula is C19H23NO4. The van der Waals surface area contributed by atoms with E-state index in [0.29, 0.717) is 24.5 Å². The van der Waals surface area contributed by atoms with Crippen molar-refractivity contribution in [3.05, 3.63) is 47.2 Å². The van der Waals surface area contributed by atoms with E-state index in [-0.39, 0.29) is 5.97 Å². The molecule has 1 aromatic carbocycles. The van der Waals surface area contributed by atoms with Crippen molar-refractivity contribution in [3.63, 3.8) is 0 Å². The molecule has 0 unspecified atom stereocenters. The van der Waals surface area contributed by atoms with Gasteiger partial charge in [0.2, 0.25) is 5.88 Å². The van der Waals surface area contributed by atoms with Gasteiger partial charge in [0.25, 0.3) is 0 Å². The van der Waals surface area contributed by atoms with Crippen LogP contribution in [0, 0.1) is 13.8 Å². The number of methoxy groups -OCH3 is 1. The maximum atomic E-state index is 11.9. The van der Waals surface area contributed by atoms with Crippen molar-refractivity contribution in [2.24, 2.45) is 0 Å². The Hall–Kier alpha value is -2.40. The van der Waals surface area contributed by atoms with E-state index in [1.54, 1.807) is 19.1 Å². The zero-order valence-electron chi connectivity index (χ0n) is 14.5. The number of benzene rings is 1.